The number of terminal acetylenes is 1. The van der Waals surface area contributed by atoms with Gasteiger partial charge in [0.2, 0.25) is 10.0 Å². The van der Waals surface area contributed by atoms with Gasteiger partial charge < -0.3 is 4.74 Å². The fourth-order valence-corrected chi connectivity index (χ4v) is 4.33. The first-order chi connectivity index (χ1) is 13.3. The van der Waals surface area contributed by atoms with Gasteiger partial charge in [-0.2, -0.15) is 4.31 Å². The van der Waals surface area contributed by atoms with E-state index in [4.69, 9.17) is 16.4 Å². The number of benzene rings is 2. The van der Waals surface area contributed by atoms with Gasteiger partial charge in [0.1, 0.15) is 17.5 Å². The van der Waals surface area contributed by atoms with Crippen molar-refractivity contribution in [1.29, 1.82) is 0 Å². The van der Waals surface area contributed by atoms with Gasteiger partial charge in [-0.3, -0.25) is 10.0 Å². The van der Waals surface area contributed by atoms with E-state index in [1.807, 2.05) is 18.2 Å². The molecule has 0 spiro atoms. The molecule has 0 aliphatic rings. The highest BCUT2D eigenvalue weighted by Crippen LogP contribution is 2.26. The van der Waals surface area contributed by atoms with Crippen LogP contribution in [0, 0.1) is 18.3 Å². The van der Waals surface area contributed by atoms with E-state index in [0.29, 0.717) is 11.5 Å². The van der Waals surface area contributed by atoms with Gasteiger partial charge in [0, 0.05) is 0 Å². The van der Waals surface area contributed by atoms with Crippen LogP contribution in [0.4, 0.5) is 0 Å². The van der Waals surface area contributed by atoms with Crippen LogP contribution in [0.2, 0.25) is 0 Å². The lowest BCUT2D eigenvalue weighted by Crippen LogP contribution is -2.51. The third kappa shape index (κ3) is 4.89. The van der Waals surface area contributed by atoms with E-state index in [2.05, 4.69) is 5.92 Å². The summed E-state index contributed by atoms with van der Waals surface area (Å²) in [7, 11) is -4.09. The molecule has 2 N–H and O–H groups in total. The Balaban J connectivity index is 2.34. The number of rotatable bonds is 8. The zero-order valence-corrected chi connectivity index (χ0v) is 16.4. The Labute approximate surface area is 165 Å². The molecule has 2 rings (SSSR count). The first-order valence-electron chi connectivity index (χ1n) is 8.53. The third-order valence-corrected chi connectivity index (χ3v) is 5.82. The van der Waals surface area contributed by atoms with E-state index >= 15 is 0 Å². The number of nitrogens with zero attached hydrogens (tertiary/aromatic N) is 1. The number of sulfonamides is 1. The summed E-state index contributed by atoms with van der Waals surface area (Å²) >= 11 is 0. The number of amides is 1. The minimum absolute atomic E-state index is 0.0421. The van der Waals surface area contributed by atoms with Crippen molar-refractivity contribution in [2.45, 2.75) is 24.8 Å². The van der Waals surface area contributed by atoms with Crippen LogP contribution >= 0.6 is 0 Å². The molecule has 0 unspecified atom stereocenters. The molecular weight excluding hydrogens is 380 g/mol. The number of carbonyl (C=O) groups is 1. The van der Waals surface area contributed by atoms with Crippen LogP contribution in [0.5, 0.6) is 11.5 Å². The van der Waals surface area contributed by atoms with Crippen LogP contribution in [0.3, 0.4) is 0 Å². The summed E-state index contributed by atoms with van der Waals surface area (Å²) in [6, 6.07) is 13.7. The second-order valence-electron chi connectivity index (χ2n) is 6.31. The minimum atomic E-state index is -4.09. The van der Waals surface area contributed by atoms with Crippen molar-refractivity contribution in [2.75, 3.05) is 6.54 Å². The van der Waals surface area contributed by atoms with E-state index in [0.717, 1.165) is 4.31 Å². The lowest BCUT2D eigenvalue weighted by molar-refractivity contribution is -0.134. The fraction of sp³-hybridized carbons (Fsp3) is 0.250. The summed E-state index contributed by atoms with van der Waals surface area (Å²) in [5, 5.41) is 8.99. The van der Waals surface area contributed by atoms with Gasteiger partial charge >= 0.3 is 0 Å². The molecule has 0 heterocycles. The quantitative estimate of drug-likeness (QED) is 0.402. The first kappa shape index (κ1) is 21.4. The maximum absolute atomic E-state index is 13.1. The molecule has 0 fully saturated rings. The predicted octanol–water partition coefficient (Wildman–Crippen LogP) is 2.63. The second-order valence-corrected chi connectivity index (χ2v) is 8.20. The van der Waals surface area contributed by atoms with Crippen LogP contribution in [-0.4, -0.2) is 36.4 Å². The molecule has 0 aliphatic carbocycles. The van der Waals surface area contributed by atoms with Gasteiger partial charge in [-0.15, -0.1) is 6.42 Å². The van der Waals surface area contributed by atoms with Gasteiger partial charge in [-0.05, 0) is 42.3 Å². The molecule has 1 atom stereocenters. The van der Waals surface area contributed by atoms with Crippen molar-refractivity contribution >= 4 is 15.9 Å². The number of nitrogens with one attached hydrogen (secondary N) is 1. The van der Waals surface area contributed by atoms with Crippen molar-refractivity contribution in [3.8, 4) is 23.8 Å². The highest BCUT2D eigenvalue weighted by Gasteiger charge is 2.37. The molecular formula is C20H22N2O5S. The Kier molecular flexibility index (Phi) is 7.18. The molecule has 2 aromatic rings. The molecule has 2 aromatic carbocycles. The van der Waals surface area contributed by atoms with Crippen molar-refractivity contribution in [2.24, 2.45) is 5.92 Å². The fourth-order valence-electron chi connectivity index (χ4n) is 2.69. The van der Waals surface area contributed by atoms with Gasteiger partial charge in [0.05, 0.1) is 11.4 Å². The summed E-state index contributed by atoms with van der Waals surface area (Å²) in [6.45, 7) is 3.01. The molecule has 28 heavy (non-hydrogen) atoms. The third-order valence-electron chi connectivity index (χ3n) is 3.98. The van der Waals surface area contributed by atoms with Crippen LogP contribution < -0.4 is 10.2 Å². The van der Waals surface area contributed by atoms with Gasteiger partial charge in [0.15, 0.2) is 0 Å². The molecule has 0 aromatic heterocycles. The zero-order chi connectivity index (χ0) is 20.7. The largest absolute Gasteiger partial charge is 0.457 e. The SMILES string of the molecule is C#CCN([C@H](C(=O)NO)C(C)C)S(=O)(=O)c1ccc(Oc2ccccc2)cc1. The number of para-hydroxylation sites is 1. The Morgan fingerprint density at radius 3 is 2.21 bits per heavy atom. The lowest BCUT2D eigenvalue weighted by atomic mass is 10.0. The van der Waals surface area contributed by atoms with E-state index in [1.165, 1.54) is 29.7 Å². The Hall–Kier alpha value is -2.86. The number of hydrogen-bond acceptors (Lipinski definition) is 5. The minimum Gasteiger partial charge on any atom is -0.457 e. The van der Waals surface area contributed by atoms with Crippen molar-refractivity contribution < 1.29 is 23.2 Å². The highest BCUT2D eigenvalue weighted by atomic mass is 32.2. The molecule has 0 bridgehead atoms. The number of carbonyl (C=O) groups excluding carboxylic acids is 1. The normalized spacial score (nSPS) is 12.4. The van der Waals surface area contributed by atoms with E-state index in [1.54, 1.807) is 26.0 Å². The summed E-state index contributed by atoms with van der Waals surface area (Å²) in [6.07, 6.45) is 5.32. The topological polar surface area (TPSA) is 95.9 Å². The summed E-state index contributed by atoms with van der Waals surface area (Å²) in [5.41, 5.74) is 1.51. The van der Waals surface area contributed by atoms with Crippen molar-refractivity contribution in [3.05, 3.63) is 54.6 Å². The summed E-state index contributed by atoms with van der Waals surface area (Å²) in [5.74, 6) is 2.07. The lowest BCUT2D eigenvalue weighted by Gasteiger charge is -2.30. The Morgan fingerprint density at radius 2 is 1.71 bits per heavy atom. The van der Waals surface area contributed by atoms with Crippen molar-refractivity contribution in [3.63, 3.8) is 0 Å². The van der Waals surface area contributed by atoms with Crippen LogP contribution in [-0.2, 0) is 14.8 Å². The maximum Gasteiger partial charge on any atom is 0.262 e. The molecule has 8 heteroatoms. The smallest absolute Gasteiger partial charge is 0.262 e. The van der Waals surface area contributed by atoms with Gasteiger partial charge in [-0.1, -0.05) is 38.0 Å². The predicted molar refractivity (Wildman–Crippen MR) is 104 cm³/mol. The molecule has 0 radical (unpaired) electrons. The van der Waals surface area contributed by atoms with Gasteiger partial charge in [-0.25, -0.2) is 13.9 Å². The average molecular weight is 402 g/mol. The maximum atomic E-state index is 13.1. The molecule has 0 saturated heterocycles. The summed E-state index contributed by atoms with van der Waals surface area (Å²) in [4.78, 5) is 12.0. The standard InChI is InChI=1S/C20H22N2O5S/c1-4-14-22(19(15(2)3)20(23)21-24)28(25,26)18-12-10-17(11-13-18)27-16-8-6-5-7-9-16/h1,5-13,15,19,24H,14H2,2-3H3,(H,21,23)/t19-/m0/s1. The Bertz CT molecular complexity index is 935. The van der Waals surface area contributed by atoms with E-state index in [9.17, 15) is 13.2 Å². The monoisotopic (exact) mass is 402 g/mol. The van der Waals surface area contributed by atoms with Crippen LogP contribution in [0.1, 0.15) is 13.8 Å². The molecule has 0 saturated carbocycles. The number of ether oxygens (including phenoxy) is 1. The Morgan fingerprint density at radius 1 is 1.14 bits per heavy atom. The first-order valence-corrected chi connectivity index (χ1v) is 9.97. The highest BCUT2D eigenvalue weighted by molar-refractivity contribution is 7.89. The van der Waals surface area contributed by atoms with Crippen molar-refractivity contribution in [1.82, 2.24) is 9.79 Å². The van der Waals surface area contributed by atoms with Gasteiger partial charge in [0.25, 0.3) is 5.91 Å². The zero-order valence-electron chi connectivity index (χ0n) is 15.6. The number of hydroxylamine groups is 1. The van der Waals surface area contributed by atoms with E-state index < -0.39 is 27.9 Å². The molecule has 7 nitrogen and oxygen atoms in total. The van der Waals surface area contributed by atoms with E-state index in [-0.39, 0.29) is 11.4 Å². The summed E-state index contributed by atoms with van der Waals surface area (Å²) < 4.78 is 32.7. The second kappa shape index (κ2) is 9.37. The van der Waals surface area contributed by atoms with Crippen LogP contribution in [0.15, 0.2) is 59.5 Å². The molecule has 0 aliphatic heterocycles. The molecule has 1 amide bonds. The number of hydrogen-bond donors (Lipinski definition) is 2. The van der Waals surface area contributed by atoms with Crippen LogP contribution in [0.25, 0.3) is 0 Å². The molecule has 148 valence electrons. The average Bonchev–Trinajstić information content (AvgIpc) is 2.68.